The summed E-state index contributed by atoms with van der Waals surface area (Å²) < 4.78 is 27.1. The van der Waals surface area contributed by atoms with E-state index in [0.29, 0.717) is 4.47 Å². The Kier molecular flexibility index (Phi) is 2.28. The monoisotopic (exact) mass is 277 g/mol. The molecule has 0 heterocycles. The smallest absolute Gasteiger partial charge is 0.260 e. The van der Waals surface area contributed by atoms with Crippen molar-refractivity contribution in [2.75, 3.05) is 6.54 Å². The molecule has 0 radical (unpaired) electrons. The molecular weight excluding hydrogens is 268 g/mol. The van der Waals surface area contributed by atoms with Gasteiger partial charge < -0.3 is 10.8 Å². The van der Waals surface area contributed by atoms with Gasteiger partial charge in [-0.2, -0.15) is 0 Å². The number of rotatable bonds is 2. The van der Waals surface area contributed by atoms with Crippen LogP contribution < -0.4 is 5.73 Å². The largest absolute Gasteiger partial charge is 0.508 e. The number of halogens is 3. The molecular formula is C10H10BrF2NO. The van der Waals surface area contributed by atoms with Gasteiger partial charge in [-0.1, -0.05) is 22.0 Å². The number of hydrogen-bond acceptors (Lipinski definition) is 2. The summed E-state index contributed by atoms with van der Waals surface area (Å²) in [7, 11) is 0. The average molecular weight is 278 g/mol. The normalized spacial score (nSPS) is 27.7. The van der Waals surface area contributed by atoms with E-state index in [1.165, 1.54) is 12.1 Å². The van der Waals surface area contributed by atoms with Crippen LogP contribution >= 0.6 is 15.9 Å². The molecule has 1 aromatic rings. The van der Waals surface area contributed by atoms with Gasteiger partial charge in [0.2, 0.25) is 0 Å². The van der Waals surface area contributed by atoms with Gasteiger partial charge in [-0.25, -0.2) is 8.78 Å². The van der Waals surface area contributed by atoms with Crippen molar-refractivity contribution >= 4 is 15.9 Å². The van der Waals surface area contributed by atoms with Crippen LogP contribution in [0.3, 0.4) is 0 Å². The van der Waals surface area contributed by atoms with Crippen molar-refractivity contribution in [3.8, 4) is 5.75 Å². The van der Waals surface area contributed by atoms with Gasteiger partial charge in [0.25, 0.3) is 5.92 Å². The minimum atomic E-state index is -2.80. The van der Waals surface area contributed by atoms with Crippen molar-refractivity contribution in [1.82, 2.24) is 0 Å². The maximum absolute atomic E-state index is 13.2. The van der Waals surface area contributed by atoms with Crippen LogP contribution in [0.2, 0.25) is 0 Å². The molecule has 1 aliphatic carbocycles. The molecule has 1 fully saturated rings. The van der Waals surface area contributed by atoms with E-state index in [1.807, 2.05) is 0 Å². The average Bonchev–Trinajstić information content (AvgIpc) is 2.69. The fourth-order valence-corrected chi connectivity index (χ4v) is 2.22. The molecule has 0 aliphatic heterocycles. The summed E-state index contributed by atoms with van der Waals surface area (Å²) in [5.41, 5.74) is 4.25. The van der Waals surface area contributed by atoms with E-state index >= 15 is 0 Å². The van der Waals surface area contributed by atoms with Gasteiger partial charge in [-0.05, 0) is 12.1 Å². The molecule has 2 nitrogen and oxygen atoms in total. The molecule has 1 unspecified atom stereocenters. The lowest BCUT2D eigenvalue weighted by Crippen LogP contribution is -2.26. The van der Waals surface area contributed by atoms with Gasteiger partial charge in [-0.15, -0.1) is 0 Å². The first-order chi connectivity index (χ1) is 6.93. The van der Waals surface area contributed by atoms with E-state index in [-0.39, 0.29) is 24.3 Å². The van der Waals surface area contributed by atoms with Crippen LogP contribution in [0.25, 0.3) is 0 Å². The molecule has 0 aromatic heterocycles. The van der Waals surface area contributed by atoms with Crippen LogP contribution in [0.1, 0.15) is 12.0 Å². The molecule has 3 N–H and O–H groups in total. The second-order valence-electron chi connectivity index (χ2n) is 3.83. The summed E-state index contributed by atoms with van der Waals surface area (Å²) in [6.45, 7) is -0.158. The molecule has 1 aliphatic rings. The predicted molar refractivity (Wildman–Crippen MR) is 56.1 cm³/mol. The summed E-state index contributed by atoms with van der Waals surface area (Å²) >= 11 is 3.16. The fourth-order valence-electron chi connectivity index (χ4n) is 1.87. The quantitative estimate of drug-likeness (QED) is 0.872. The second kappa shape index (κ2) is 3.15. The van der Waals surface area contributed by atoms with Crippen LogP contribution in [0.5, 0.6) is 5.75 Å². The Hall–Kier alpha value is -0.680. The van der Waals surface area contributed by atoms with Crippen LogP contribution in [0.4, 0.5) is 8.78 Å². The molecule has 0 bridgehead atoms. The highest BCUT2D eigenvalue weighted by atomic mass is 79.9. The maximum atomic E-state index is 13.2. The minimum absolute atomic E-state index is 0.132. The molecule has 5 heteroatoms. The fraction of sp³-hybridized carbons (Fsp3) is 0.400. The van der Waals surface area contributed by atoms with E-state index in [2.05, 4.69) is 15.9 Å². The summed E-state index contributed by atoms with van der Waals surface area (Å²) in [4.78, 5) is 0. The van der Waals surface area contributed by atoms with Gasteiger partial charge in [0, 0.05) is 23.0 Å². The third-order valence-electron chi connectivity index (χ3n) is 2.92. The topological polar surface area (TPSA) is 46.2 Å². The van der Waals surface area contributed by atoms with Crippen molar-refractivity contribution in [3.05, 3.63) is 28.2 Å². The van der Waals surface area contributed by atoms with Crippen molar-refractivity contribution in [2.45, 2.75) is 17.8 Å². The van der Waals surface area contributed by atoms with Crippen LogP contribution in [-0.4, -0.2) is 17.6 Å². The Morgan fingerprint density at radius 2 is 2.07 bits per heavy atom. The first-order valence-electron chi connectivity index (χ1n) is 4.50. The van der Waals surface area contributed by atoms with E-state index < -0.39 is 11.3 Å². The van der Waals surface area contributed by atoms with Crippen LogP contribution in [-0.2, 0) is 5.41 Å². The maximum Gasteiger partial charge on any atom is 0.260 e. The highest BCUT2D eigenvalue weighted by molar-refractivity contribution is 9.10. The summed E-state index contributed by atoms with van der Waals surface area (Å²) in [5.74, 6) is -2.93. The number of nitrogens with two attached hydrogens (primary N) is 1. The first kappa shape index (κ1) is 10.8. The SMILES string of the molecule is NCC1(c2ccc(Br)cc2O)CC1(F)F. The van der Waals surface area contributed by atoms with Gasteiger partial charge >= 0.3 is 0 Å². The Morgan fingerprint density at radius 3 is 2.47 bits per heavy atom. The highest BCUT2D eigenvalue weighted by Gasteiger charge is 2.71. The van der Waals surface area contributed by atoms with E-state index in [1.54, 1.807) is 6.07 Å². The standard InChI is InChI=1S/C10H10BrF2NO/c11-6-1-2-7(8(15)3-6)9(5-14)4-10(9,12)13/h1-3,15H,4-5,14H2. The van der Waals surface area contributed by atoms with Crippen molar-refractivity contribution in [1.29, 1.82) is 0 Å². The lowest BCUT2D eigenvalue weighted by molar-refractivity contribution is 0.0889. The Morgan fingerprint density at radius 1 is 1.47 bits per heavy atom. The Balaban J connectivity index is 2.46. The zero-order valence-electron chi connectivity index (χ0n) is 7.80. The van der Waals surface area contributed by atoms with Crippen molar-refractivity contribution in [2.24, 2.45) is 5.73 Å². The second-order valence-corrected chi connectivity index (χ2v) is 4.74. The third-order valence-corrected chi connectivity index (χ3v) is 3.42. The number of hydrogen-bond donors (Lipinski definition) is 2. The molecule has 0 amide bonds. The zero-order valence-corrected chi connectivity index (χ0v) is 9.39. The van der Waals surface area contributed by atoms with Gasteiger partial charge in [0.1, 0.15) is 5.75 Å². The van der Waals surface area contributed by atoms with Gasteiger partial charge in [0.15, 0.2) is 0 Å². The summed E-state index contributed by atoms with van der Waals surface area (Å²) in [5, 5.41) is 9.61. The highest BCUT2D eigenvalue weighted by Crippen LogP contribution is 2.62. The number of phenolic OH excluding ortho intramolecular Hbond substituents is 1. The molecule has 2 rings (SSSR count). The molecule has 1 atom stereocenters. The van der Waals surface area contributed by atoms with E-state index in [4.69, 9.17) is 5.73 Å². The summed E-state index contributed by atoms with van der Waals surface area (Å²) in [6, 6.07) is 4.52. The van der Waals surface area contributed by atoms with Crippen molar-refractivity contribution in [3.63, 3.8) is 0 Å². The predicted octanol–water partition coefficient (Wildman–Crippen LogP) is 2.39. The number of aromatic hydroxyl groups is 1. The molecule has 0 saturated heterocycles. The number of alkyl halides is 2. The molecule has 1 aromatic carbocycles. The molecule has 1 saturated carbocycles. The Labute approximate surface area is 94.2 Å². The van der Waals surface area contributed by atoms with E-state index in [9.17, 15) is 13.9 Å². The molecule has 0 spiro atoms. The van der Waals surface area contributed by atoms with Crippen molar-refractivity contribution < 1.29 is 13.9 Å². The van der Waals surface area contributed by atoms with E-state index in [0.717, 1.165) is 0 Å². The number of benzene rings is 1. The van der Waals surface area contributed by atoms with Gasteiger partial charge in [-0.3, -0.25) is 0 Å². The van der Waals surface area contributed by atoms with Crippen LogP contribution in [0.15, 0.2) is 22.7 Å². The first-order valence-corrected chi connectivity index (χ1v) is 5.29. The van der Waals surface area contributed by atoms with Gasteiger partial charge in [0.05, 0.1) is 5.41 Å². The lowest BCUT2D eigenvalue weighted by Gasteiger charge is -2.15. The third kappa shape index (κ3) is 1.45. The minimum Gasteiger partial charge on any atom is -0.508 e. The zero-order chi connectivity index (χ0) is 11.3. The van der Waals surface area contributed by atoms with Crippen LogP contribution in [0, 0.1) is 0 Å². The summed E-state index contributed by atoms with van der Waals surface area (Å²) in [6.07, 6.45) is -0.286. The molecule has 15 heavy (non-hydrogen) atoms. The number of phenols is 1. The lowest BCUT2D eigenvalue weighted by atomic mass is 9.94. The Bertz CT molecular complexity index is 410. The molecule has 82 valence electrons.